The number of hydrogen-bond donors (Lipinski definition) is 1. The van der Waals surface area contributed by atoms with Gasteiger partial charge in [0.2, 0.25) is 0 Å². The number of rotatable bonds is 4. The second-order valence-corrected chi connectivity index (χ2v) is 5.25. The van der Waals surface area contributed by atoms with Crippen molar-refractivity contribution in [2.45, 2.75) is 24.9 Å². The lowest BCUT2D eigenvalue weighted by atomic mass is 9.91. The predicted octanol–water partition coefficient (Wildman–Crippen LogP) is 3.61. The standard InChI is InChI=1S/C12H14Cl2FN/c13-10-4-1-8(5-11(10)14)6-12(15,7-16)9-2-3-9/h1,4-5,9H,2-3,6-7,16H2. The Hall–Kier alpha value is -0.310. The lowest BCUT2D eigenvalue weighted by molar-refractivity contribution is 0.142. The summed E-state index contributed by atoms with van der Waals surface area (Å²) in [5.74, 6) is 0.118. The smallest absolute Gasteiger partial charge is 0.130 e. The highest BCUT2D eigenvalue weighted by atomic mass is 35.5. The monoisotopic (exact) mass is 261 g/mol. The Kier molecular flexibility index (Phi) is 3.43. The molecule has 1 saturated carbocycles. The van der Waals surface area contributed by atoms with E-state index in [4.69, 9.17) is 28.9 Å². The van der Waals surface area contributed by atoms with Gasteiger partial charge >= 0.3 is 0 Å². The van der Waals surface area contributed by atoms with E-state index in [1.165, 1.54) is 0 Å². The first-order valence-electron chi connectivity index (χ1n) is 5.38. The molecule has 0 saturated heterocycles. The minimum Gasteiger partial charge on any atom is -0.328 e. The highest BCUT2D eigenvalue weighted by Gasteiger charge is 2.44. The second-order valence-electron chi connectivity index (χ2n) is 4.44. The summed E-state index contributed by atoms with van der Waals surface area (Å²) in [6.07, 6.45) is 2.20. The Morgan fingerprint density at radius 1 is 1.31 bits per heavy atom. The molecule has 0 amide bonds. The molecule has 0 bridgehead atoms. The number of halogens is 3. The van der Waals surface area contributed by atoms with Crippen molar-refractivity contribution in [1.82, 2.24) is 0 Å². The minimum absolute atomic E-state index is 0.0674. The quantitative estimate of drug-likeness (QED) is 0.881. The minimum atomic E-state index is -1.28. The van der Waals surface area contributed by atoms with Gasteiger partial charge < -0.3 is 5.73 Å². The first kappa shape index (κ1) is 12.2. The van der Waals surface area contributed by atoms with Gasteiger partial charge in [-0.25, -0.2) is 4.39 Å². The van der Waals surface area contributed by atoms with Crippen LogP contribution < -0.4 is 5.73 Å². The van der Waals surface area contributed by atoms with Gasteiger partial charge in [0, 0.05) is 13.0 Å². The van der Waals surface area contributed by atoms with Gasteiger partial charge in [0.05, 0.1) is 10.0 Å². The average molecular weight is 262 g/mol. The van der Waals surface area contributed by atoms with Gasteiger partial charge in [-0.3, -0.25) is 0 Å². The molecule has 1 fully saturated rings. The van der Waals surface area contributed by atoms with E-state index in [2.05, 4.69) is 0 Å². The lowest BCUT2D eigenvalue weighted by Gasteiger charge is -2.23. The Labute approximate surface area is 105 Å². The van der Waals surface area contributed by atoms with Crippen molar-refractivity contribution < 1.29 is 4.39 Å². The zero-order valence-corrected chi connectivity index (χ0v) is 10.4. The Balaban J connectivity index is 2.15. The molecule has 1 unspecified atom stereocenters. The SMILES string of the molecule is NCC(F)(Cc1ccc(Cl)c(Cl)c1)C1CC1. The van der Waals surface area contributed by atoms with Crippen molar-refractivity contribution in [1.29, 1.82) is 0 Å². The van der Waals surface area contributed by atoms with Gasteiger partial charge in [0.1, 0.15) is 5.67 Å². The first-order valence-corrected chi connectivity index (χ1v) is 6.13. The van der Waals surface area contributed by atoms with Gasteiger partial charge in [-0.15, -0.1) is 0 Å². The van der Waals surface area contributed by atoms with E-state index in [9.17, 15) is 4.39 Å². The summed E-state index contributed by atoms with van der Waals surface area (Å²) in [6, 6.07) is 5.22. The maximum atomic E-state index is 14.4. The molecule has 1 atom stereocenters. The summed E-state index contributed by atoms with van der Waals surface area (Å²) in [6.45, 7) is 0.0674. The molecule has 0 heterocycles. The van der Waals surface area contributed by atoms with Gasteiger partial charge in [0.25, 0.3) is 0 Å². The van der Waals surface area contributed by atoms with E-state index in [0.717, 1.165) is 18.4 Å². The van der Waals surface area contributed by atoms with Crippen molar-refractivity contribution in [3.8, 4) is 0 Å². The normalized spacial score (nSPS) is 19.5. The Bertz CT molecular complexity index is 393. The van der Waals surface area contributed by atoms with Crippen LogP contribution in [0.2, 0.25) is 10.0 Å². The second kappa shape index (κ2) is 4.52. The fourth-order valence-electron chi connectivity index (χ4n) is 1.97. The van der Waals surface area contributed by atoms with Crippen LogP contribution in [0.1, 0.15) is 18.4 Å². The van der Waals surface area contributed by atoms with Crippen LogP contribution in [0.3, 0.4) is 0 Å². The van der Waals surface area contributed by atoms with Crippen LogP contribution in [0.4, 0.5) is 4.39 Å². The fourth-order valence-corrected chi connectivity index (χ4v) is 2.29. The molecule has 16 heavy (non-hydrogen) atoms. The summed E-state index contributed by atoms with van der Waals surface area (Å²) >= 11 is 11.7. The van der Waals surface area contributed by atoms with Crippen LogP contribution in [-0.4, -0.2) is 12.2 Å². The first-order chi connectivity index (χ1) is 7.55. The zero-order valence-electron chi connectivity index (χ0n) is 8.85. The molecule has 1 aromatic carbocycles. The van der Waals surface area contributed by atoms with Crippen LogP contribution in [-0.2, 0) is 6.42 Å². The van der Waals surface area contributed by atoms with E-state index in [0.29, 0.717) is 16.5 Å². The molecule has 1 aliphatic carbocycles. The molecular weight excluding hydrogens is 248 g/mol. The van der Waals surface area contributed by atoms with E-state index in [1.807, 2.05) is 0 Å². The summed E-state index contributed by atoms with van der Waals surface area (Å²) in [7, 11) is 0. The molecule has 1 aliphatic rings. The number of nitrogens with two attached hydrogens (primary N) is 1. The van der Waals surface area contributed by atoms with Crippen molar-refractivity contribution in [2.24, 2.45) is 11.7 Å². The van der Waals surface area contributed by atoms with Crippen LogP contribution in [0.5, 0.6) is 0 Å². The van der Waals surface area contributed by atoms with Crippen LogP contribution in [0.15, 0.2) is 18.2 Å². The number of hydrogen-bond acceptors (Lipinski definition) is 1. The van der Waals surface area contributed by atoms with Gasteiger partial charge in [0.15, 0.2) is 0 Å². The highest BCUT2D eigenvalue weighted by molar-refractivity contribution is 6.42. The van der Waals surface area contributed by atoms with E-state index >= 15 is 0 Å². The molecule has 1 nitrogen and oxygen atoms in total. The molecule has 1 aromatic rings. The van der Waals surface area contributed by atoms with Crippen LogP contribution in [0, 0.1) is 5.92 Å². The summed E-state index contributed by atoms with van der Waals surface area (Å²) in [4.78, 5) is 0. The lowest BCUT2D eigenvalue weighted by Crippen LogP contribution is -2.37. The van der Waals surface area contributed by atoms with Crippen LogP contribution >= 0.6 is 23.2 Å². The van der Waals surface area contributed by atoms with Crippen molar-refractivity contribution >= 4 is 23.2 Å². The maximum absolute atomic E-state index is 14.4. The average Bonchev–Trinajstić information content (AvgIpc) is 3.07. The molecule has 2 N–H and O–H groups in total. The fraction of sp³-hybridized carbons (Fsp3) is 0.500. The molecule has 0 radical (unpaired) electrons. The summed E-state index contributed by atoms with van der Waals surface area (Å²) < 4.78 is 14.4. The third-order valence-electron chi connectivity index (χ3n) is 3.13. The molecule has 0 aliphatic heterocycles. The van der Waals surface area contributed by atoms with Gasteiger partial charge in [-0.05, 0) is 36.5 Å². The van der Waals surface area contributed by atoms with E-state index in [-0.39, 0.29) is 12.5 Å². The molecular formula is C12H14Cl2FN. The Morgan fingerprint density at radius 2 is 2.00 bits per heavy atom. The van der Waals surface area contributed by atoms with Crippen molar-refractivity contribution in [3.05, 3.63) is 33.8 Å². The Morgan fingerprint density at radius 3 is 2.50 bits per heavy atom. The summed E-state index contributed by atoms with van der Waals surface area (Å²) in [5.41, 5.74) is 5.10. The predicted molar refractivity (Wildman–Crippen MR) is 65.8 cm³/mol. The number of alkyl halides is 1. The van der Waals surface area contributed by atoms with Crippen molar-refractivity contribution in [2.75, 3.05) is 6.54 Å². The third-order valence-corrected chi connectivity index (χ3v) is 3.87. The maximum Gasteiger partial charge on any atom is 0.130 e. The van der Waals surface area contributed by atoms with E-state index in [1.54, 1.807) is 18.2 Å². The van der Waals surface area contributed by atoms with Crippen molar-refractivity contribution in [3.63, 3.8) is 0 Å². The van der Waals surface area contributed by atoms with E-state index < -0.39 is 5.67 Å². The van der Waals surface area contributed by atoms with Gasteiger partial charge in [-0.1, -0.05) is 29.3 Å². The summed E-state index contributed by atoms with van der Waals surface area (Å²) in [5, 5.41) is 0.961. The zero-order chi connectivity index (χ0) is 11.8. The molecule has 2 rings (SSSR count). The molecule has 0 aromatic heterocycles. The number of benzene rings is 1. The molecule has 0 spiro atoms. The largest absolute Gasteiger partial charge is 0.328 e. The topological polar surface area (TPSA) is 26.0 Å². The third kappa shape index (κ3) is 2.50. The highest BCUT2D eigenvalue weighted by Crippen LogP contribution is 2.43. The van der Waals surface area contributed by atoms with Crippen LogP contribution in [0.25, 0.3) is 0 Å². The molecule has 88 valence electrons. The van der Waals surface area contributed by atoms with Gasteiger partial charge in [-0.2, -0.15) is 0 Å². The molecule has 4 heteroatoms.